The topological polar surface area (TPSA) is 22.0 Å². The van der Waals surface area contributed by atoms with Gasteiger partial charge in [-0.25, -0.2) is 0 Å². The van der Waals surface area contributed by atoms with Crippen LogP contribution in [0.5, 0.6) is 0 Å². The second kappa shape index (κ2) is 7.04. The zero-order chi connectivity index (χ0) is 16.4. The maximum atomic E-state index is 12.4. The first-order valence-corrected chi connectivity index (χ1v) is 9.56. The van der Waals surface area contributed by atoms with Crippen molar-refractivity contribution in [1.29, 1.82) is 0 Å². The van der Waals surface area contributed by atoms with Crippen molar-refractivity contribution in [3.05, 3.63) is 55.6 Å². The van der Waals surface area contributed by atoms with E-state index in [0.29, 0.717) is 18.4 Å². The van der Waals surface area contributed by atoms with Crippen LogP contribution in [-0.4, -0.2) is 4.57 Å². The SMILES string of the molecule is Cc1c(CC(C)C)sc(=O)n1Cc1cc[c]c(C2CCCC2)c1. The highest BCUT2D eigenvalue weighted by atomic mass is 32.1. The Labute approximate surface area is 143 Å². The molecule has 0 spiro atoms. The minimum atomic E-state index is 0.174. The summed E-state index contributed by atoms with van der Waals surface area (Å²) in [6.07, 6.45) is 6.25. The van der Waals surface area contributed by atoms with E-state index in [9.17, 15) is 4.79 Å². The van der Waals surface area contributed by atoms with E-state index < -0.39 is 0 Å². The number of hydrogen-bond donors (Lipinski definition) is 0. The van der Waals surface area contributed by atoms with Crippen molar-refractivity contribution >= 4 is 11.3 Å². The van der Waals surface area contributed by atoms with Crippen LogP contribution >= 0.6 is 11.3 Å². The maximum absolute atomic E-state index is 12.4. The highest BCUT2D eigenvalue weighted by Gasteiger charge is 2.18. The maximum Gasteiger partial charge on any atom is 0.307 e. The van der Waals surface area contributed by atoms with Crippen LogP contribution in [0, 0.1) is 18.9 Å². The summed E-state index contributed by atoms with van der Waals surface area (Å²) < 4.78 is 1.94. The van der Waals surface area contributed by atoms with Gasteiger partial charge in [0.1, 0.15) is 0 Å². The third-order valence-electron chi connectivity index (χ3n) is 4.86. The Balaban J connectivity index is 1.83. The van der Waals surface area contributed by atoms with Crippen LogP contribution in [0.3, 0.4) is 0 Å². The van der Waals surface area contributed by atoms with Crippen LogP contribution in [0.1, 0.15) is 67.1 Å². The molecular formula is C20H26NOS. The Kier molecular flexibility index (Phi) is 5.05. The van der Waals surface area contributed by atoms with Crippen molar-refractivity contribution in [3.63, 3.8) is 0 Å². The van der Waals surface area contributed by atoms with Gasteiger partial charge in [-0.2, -0.15) is 0 Å². The van der Waals surface area contributed by atoms with Crippen LogP contribution in [0.4, 0.5) is 0 Å². The predicted molar refractivity (Wildman–Crippen MR) is 97.4 cm³/mol. The smallest absolute Gasteiger partial charge is 0.299 e. The first-order valence-electron chi connectivity index (χ1n) is 8.74. The molecular weight excluding hydrogens is 302 g/mol. The Morgan fingerprint density at radius 3 is 2.78 bits per heavy atom. The molecule has 1 fully saturated rings. The van der Waals surface area contributed by atoms with Gasteiger partial charge in [0.15, 0.2) is 0 Å². The van der Waals surface area contributed by atoms with Crippen molar-refractivity contribution in [1.82, 2.24) is 4.57 Å². The number of nitrogens with zero attached hydrogens (tertiary/aromatic N) is 1. The van der Waals surface area contributed by atoms with Crippen LogP contribution in [0.25, 0.3) is 0 Å². The van der Waals surface area contributed by atoms with Crippen LogP contribution in [-0.2, 0) is 13.0 Å². The molecule has 3 heteroatoms. The highest BCUT2D eigenvalue weighted by Crippen LogP contribution is 2.34. The summed E-state index contributed by atoms with van der Waals surface area (Å²) >= 11 is 1.42. The molecule has 1 radical (unpaired) electrons. The molecule has 0 atom stereocenters. The van der Waals surface area contributed by atoms with Gasteiger partial charge in [0.05, 0.1) is 6.54 Å². The Morgan fingerprint density at radius 2 is 2.09 bits per heavy atom. The van der Waals surface area contributed by atoms with Gasteiger partial charge in [-0.15, -0.1) is 0 Å². The summed E-state index contributed by atoms with van der Waals surface area (Å²) in [7, 11) is 0. The molecule has 0 unspecified atom stereocenters. The van der Waals surface area contributed by atoms with Gasteiger partial charge in [0.25, 0.3) is 0 Å². The van der Waals surface area contributed by atoms with E-state index in [0.717, 1.165) is 12.1 Å². The number of benzene rings is 1. The standard InChI is InChI=1S/C20H26NOS/c1-14(2)11-19-15(3)21(20(22)23-19)13-16-7-6-10-18(12-16)17-8-4-5-9-17/h6-7,12,14,17H,4-5,8-9,11,13H2,1-3H3. The third kappa shape index (κ3) is 3.77. The summed E-state index contributed by atoms with van der Waals surface area (Å²) in [5.41, 5.74) is 3.71. The van der Waals surface area contributed by atoms with Gasteiger partial charge in [-0.05, 0) is 55.2 Å². The third-order valence-corrected chi connectivity index (χ3v) is 5.96. The Bertz CT molecular complexity index is 719. The molecule has 1 saturated carbocycles. The predicted octanol–water partition coefficient (Wildman–Crippen LogP) is 4.92. The zero-order valence-electron chi connectivity index (χ0n) is 14.4. The lowest BCUT2D eigenvalue weighted by Gasteiger charge is -2.12. The van der Waals surface area contributed by atoms with Crippen molar-refractivity contribution in [2.24, 2.45) is 5.92 Å². The Morgan fingerprint density at radius 1 is 1.35 bits per heavy atom. The lowest BCUT2D eigenvalue weighted by atomic mass is 9.96. The van der Waals surface area contributed by atoms with E-state index in [-0.39, 0.29) is 4.87 Å². The molecule has 1 aromatic carbocycles. The van der Waals surface area contributed by atoms with Crippen molar-refractivity contribution in [2.45, 2.75) is 65.3 Å². The summed E-state index contributed by atoms with van der Waals surface area (Å²) in [5.74, 6) is 1.26. The van der Waals surface area contributed by atoms with Crippen molar-refractivity contribution < 1.29 is 0 Å². The first-order chi connectivity index (χ1) is 11.0. The zero-order valence-corrected chi connectivity index (χ0v) is 15.2. The van der Waals surface area contributed by atoms with Crippen molar-refractivity contribution in [2.75, 3.05) is 0 Å². The van der Waals surface area contributed by atoms with E-state index in [2.05, 4.69) is 39.0 Å². The lowest BCUT2D eigenvalue weighted by molar-refractivity contribution is 0.643. The van der Waals surface area contributed by atoms with Crippen LogP contribution < -0.4 is 4.87 Å². The number of rotatable bonds is 5. The summed E-state index contributed by atoms with van der Waals surface area (Å²) in [6.45, 7) is 7.18. The quantitative estimate of drug-likeness (QED) is 0.763. The van der Waals surface area contributed by atoms with E-state index in [4.69, 9.17) is 0 Å². The molecule has 0 N–H and O–H groups in total. The van der Waals surface area contributed by atoms with Gasteiger partial charge in [-0.1, -0.05) is 56.2 Å². The molecule has 2 nitrogen and oxygen atoms in total. The van der Waals surface area contributed by atoms with E-state index in [1.54, 1.807) is 0 Å². The largest absolute Gasteiger partial charge is 0.307 e. The fraction of sp³-hybridized carbons (Fsp3) is 0.550. The molecule has 23 heavy (non-hydrogen) atoms. The highest BCUT2D eigenvalue weighted by molar-refractivity contribution is 7.09. The first kappa shape index (κ1) is 16.5. The van der Waals surface area contributed by atoms with Gasteiger partial charge >= 0.3 is 4.87 Å². The molecule has 0 aliphatic heterocycles. The van der Waals surface area contributed by atoms with Crippen LogP contribution in [0.15, 0.2) is 23.0 Å². The monoisotopic (exact) mass is 328 g/mol. The van der Waals surface area contributed by atoms with Gasteiger partial charge in [-0.3, -0.25) is 9.36 Å². The summed E-state index contributed by atoms with van der Waals surface area (Å²) in [5, 5.41) is 0. The molecule has 123 valence electrons. The second-order valence-corrected chi connectivity index (χ2v) is 8.24. The van der Waals surface area contributed by atoms with Gasteiger partial charge in [0, 0.05) is 10.6 Å². The van der Waals surface area contributed by atoms with E-state index >= 15 is 0 Å². The van der Waals surface area contributed by atoms with E-state index in [1.165, 1.54) is 53.0 Å². The normalized spacial score (nSPS) is 15.7. The molecule has 1 aromatic heterocycles. The molecule has 1 aliphatic rings. The second-order valence-electron chi connectivity index (χ2n) is 7.19. The minimum Gasteiger partial charge on any atom is -0.299 e. The summed E-state index contributed by atoms with van der Waals surface area (Å²) in [4.78, 5) is 13.8. The summed E-state index contributed by atoms with van der Waals surface area (Å²) in [6, 6.07) is 9.81. The molecule has 2 aromatic rings. The average Bonchev–Trinajstić information content (AvgIpc) is 3.12. The van der Waals surface area contributed by atoms with Gasteiger partial charge in [0.2, 0.25) is 0 Å². The number of thiazole rings is 1. The minimum absolute atomic E-state index is 0.174. The lowest BCUT2D eigenvalue weighted by Crippen LogP contribution is -2.15. The fourth-order valence-electron chi connectivity index (χ4n) is 3.55. The Hall–Kier alpha value is -1.35. The molecule has 0 amide bonds. The number of hydrogen-bond acceptors (Lipinski definition) is 2. The number of aromatic nitrogens is 1. The molecule has 0 bridgehead atoms. The molecule has 3 rings (SSSR count). The van der Waals surface area contributed by atoms with Gasteiger partial charge < -0.3 is 0 Å². The van der Waals surface area contributed by atoms with Crippen molar-refractivity contribution in [3.8, 4) is 0 Å². The molecule has 1 aliphatic carbocycles. The average molecular weight is 329 g/mol. The van der Waals surface area contributed by atoms with E-state index in [1.807, 2.05) is 10.6 Å². The van der Waals surface area contributed by atoms with Crippen LogP contribution in [0.2, 0.25) is 0 Å². The molecule has 1 heterocycles. The molecule has 0 saturated heterocycles. The fourth-order valence-corrected chi connectivity index (χ4v) is 4.75.